The third-order valence-electron chi connectivity index (χ3n) is 2.26. The first-order valence-electron chi connectivity index (χ1n) is 4.38. The second kappa shape index (κ2) is 4.00. The molecule has 3 nitrogen and oxygen atoms in total. The van der Waals surface area contributed by atoms with Crippen molar-refractivity contribution in [2.24, 2.45) is 0 Å². The number of hydrogen-bond acceptors (Lipinski definition) is 3. The van der Waals surface area contributed by atoms with Gasteiger partial charge in [0.05, 0.1) is 15.5 Å². The van der Waals surface area contributed by atoms with E-state index in [0.29, 0.717) is 25.1 Å². The van der Waals surface area contributed by atoms with E-state index in [1.807, 2.05) is 11.4 Å². The van der Waals surface area contributed by atoms with Crippen molar-refractivity contribution in [3.63, 3.8) is 0 Å². The van der Waals surface area contributed by atoms with Crippen LogP contribution in [0.15, 0.2) is 15.2 Å². The number of likely N-dealkylation sites (tertiary alicyclic amines) is 1. The van der Waals surface area contributed by atoms with Gasteiger partial charge in [-0.15, -0.1) is 11.3 Å². The summed E-state index contributed by atoms with van der Waals surface area (Å²) in [5.41, 5.74) is 0.705. The van der Waals surface area contributed by atoms with Crippen LogP contribution in [0, 0.1) is 0 Å². The Hall–Kier alpha value is -0.390. The predicted molar refractivity (Wildman–Crippen MR) is 58.5 cm³/mol. The molecule has 1 amide bonds. The first kappa shape index (κ1) is 10.1. The lowest BCUT2D eigenvalue weighted by atomic mass is 10.3. The molecule has 0 aromatic carbocycles. The quantitative estimate of drug-likeness (QED) is 0.848. The van der Waals surface area contributed by atoms with Crippen LogP contribution in [0.2, 0.25) is 0 Å². The maximum Gasteiger partial charge on any atom is 0.254 e. The smallest absolute Gasteiger partial charge is 0.254 e. The Kier molecular flexibility index (Phi) is 2.90. The Morgan fingerprint density at radius 2 is 2.50 bits per heavy atom. The number of rotatable bonds is 1. The van der Waals surface area contributed by atoms with Gasteiger partial charge in [-0.3, -0.25) is 4.79 Å². The van der Waals surface area contributed by atoms with Gasteiger partial charge < -0.3 is 10.0 Å². The fourth-order valence-electron chi connectivity index (χ4n) is 1.53. The Balaban J connectivity index is 2.09. The summed E-state index contributed by atoms with van der Waals surface area (Å²) in [4.78, 5) is 13.5. The molecule has 1 aliphatic rings. The molecule has 0 bridgehead atoms. The number of hydrogen-bond donors (Lipinski definition) is 1. The van der Waals surface area contributed by atoms with E-state index in [2.05, 4.69) is 15.9 Å². The van der Waals surface area contributed by atoms with Gasteiger partial charge in [0, 0.05) is 18.5 Å². The van der Waals surface area contributed by atoms with Gasteiger partial charge in [-0.25, -0.2) is 0 Å². The van der Waals surface area contributed by atoms with Crippen molar-refractivity contribution in [3.8, 4) is 0 Å². The number of aliphatic hydroxyl groups excluding tert-OH is 1. The maximum absolute atomic E-state index is 11.8. The minimum Gasteiger partial charge on any atom is -0.391 e. The number of carbonyl (C=O) groups is 1. The minimum atomic E-state index is -0.346. The van der Waals surface area contributed by atoms with Crippen LogP contribution < -0.4 is 0 Å². The van der Waals surface area contributed by atoms with Crippen molar-refractivity contribution in [1.29, 1.82) is 0 Å². The van der Waals surface area contributed by atoms with Gasteiger partial charge in [0.2, 0.25) is 0 Å². The van der Waals surface area contributed by atoms with Crippen LogP contribution in [-0.2, 0) is 0 Å². The van der Waals surface area contributed by atoms with Crippen molar-refractivity contribution in [1.82, 2.24) is 4.90 Å². The van der Waals surface area contributed by atoms with E-state index in [1.54, 1.807) is 4.90 Å². The molecule has 0 spiro atoms. The molecule has 2 rings (SSSR count). The summed E-state index contributed by atoms with van der Waals surface area (Å²) in [7, 11) is 0. The molecule has 1 aromatic rings. The average molecular weight is 276 g/mol. The predicted octanol–water partition coefficient (Wildman–Crippen LogP) is 1.72. The number of β-amino-alcohol motifs (C(OH)–C–C–N with tert-alkyl or cyclic N) is 1. The Bertz CT molecular complexity index is 352. The standard InChI is InChI=1S/C9H10BrNO2S/c10-8-3-6(5-14-8)9(13)11-2-1-7(12)4-11/h3,5,7,12H,1-2,4H2. The Morgan fingerprint density at radius 3 is 3.00 bits per heavy atom. The van der Waals surface area contributed by atoms with Gasteiger partial charge in [0.15, 0.2) is 0 Å². The van der Waals surface area contributed by atoms with E-state index in [4.69, 9.17) is 0 Å². The molecule has 0 saturated carbocycles. The lowest BCUT2D eigenvalue weighted by Crippen LogP contribution is -2.29. The topological polar surface area (TPSA) is 40.5 Å². The second-order valence-electron chi connectivity index (χ2n) is 3.33. The van der Waals surface area contributed by atoms with Crippen LogP contribution in [0.4, 0.5) is 0 Å². The number of nitrogens with zero attached hydrogens (tertiary/aromatic N) is 1. The molecule has 1 atom stereocenters. The molecule has 2 heterocycles. The van der Waals surface area contributed by atoms with Crippen LogP contribution in [0.3, 0.4) is 0 Å². The molecule has 0 radical (unpaired) electrons. The summed E-state index contributed by atoms with van der Waals surface area (Å²) >= 11 is 4.82. The molecular formula is C9H10BrNO2S. The lowest BCUT2D eigenvalue weighted by molar-refractivity contribution is 0.0765. The minimum absolute atomic E-state index is 0.0171. The van der Waals surface area contributed by atoms with Gasteiger partial charge in [-0.05, 0) is 28.4 Å². The largest absolute Gasteiger partial charge is 0.391 e. The molecule has 76 valence electrons. The van der Waals surface area contributed by atoms with E-state index in [9.17, 15) is 9.90 Å². The molecular weight excluding hydrogens is 266 g/mol. The van der Waals surface area contributed by atoms with Crippen LogP contribution in [0.5, 0.6) is 0 Å². The van der Waals surface area contributed by atoms with E-state index in [-0.39, 0.29) is 12.0 Å². The van der Waals surface area contributed by atoms with Crippen molar-refractivity contribution in [2.75, 3.05) is 13.1 Å². The van der Waals surface area contributed by atoms with Crippen LogP contribution in [0.25, 0.3) is 0 Å². The average Bonchev–Trinajstić information content (AvgIpc) is 2.73. The summed E-state index contributed by atoms with van der Waals surface area (Å²) in [6, 6.07) is 1.82. The fraction of sp³-hybridized carbons (Fsp3) is 0.444. The number of aliphatic hydroxyl groups is 1. The van der Waals surface area contributed by atoms with Gasteiger partial charge >= 0.3 is 0 Å². The van der Waals surface area contributed by atoms with Crippen molar-refractivity contribution < 1.29 is 9.90 Å². The van der Waals surface area contributed by atoms with E-state index in [0.717, 1.165) is 3.79 Å². The van der Waals surface area contributed by atoms with E-state index < -0.39 is 0 Å². The first-order chi connectivity index (χ1) is 6.66. The molecule has 1 aromatic heterocycles. The Labute approximate surface area is 94.5 Å². The number of amides is 1. The number of carbonyl (C=O) groups excluding carboxylic acids is 1. The molecule has 1 saturated heterocycles. The second-order valence-corrected chi connectivity index (χ2v) is 5.62. The summed E-state index contributed by atoms with van der Waals surface area (Å²) in [6.45, 7) is 1.12. The highest BCUT2D eigenvalue weighted by atomic mass is 79.9. The van der Waals surface area contributed by atoms with Crippen molar-refractivity contribution in [3.05, 3.63) is 20.8 Å². The summed E-state index contributed by atoms with van der Waals surface area (Å²) < 4.78 is 0.959. The van der Waals surface area contributed by atoms with Crippen LogP contribution in [-0.4, -0.2) is 35.1 Å². The summed E-state index contributed by atoms with van der Waals surface area (Å²) in [5, 5.41) is 11.1. The first-order valence-corrected chi connectivity index (χ1v) is 6.05. The summed E-state index contributed by atoms with van der Waals surface area (Å²) in [6.07, 6.45) is 0.345. The van der Waals surface area contributed by atoms with Gasteiger partial charge in [-0.2, -0.15) is 0 Å². The molecule has 1 aliphatic heterocycles. The zero-order valence-corrected chi connectivity index (χ0v) is 9.84. The number of halogens is 1. The highest BCUT2D eigenvalue weighted by Crippen LogP contribution is 2.23. The third kappa shape index (κ3) is 1.99. The number of thiophene rings is 1. The molecule has 1 unspecified atom stereocenters. The molecule has 1 N–H and O–H groups in total. The molecule has 1 fully saturated rings. The zero-order valence-electron chi connectivity index (χ0n) is 7.44. The lowest BCUT2D eigenvalue weighted by Gasteiger charge is -2.13. The maximum atomic E-state index is 11.8. The zero-order chi connectivity index (χ0) is 10.1. The van der Waals surface area contributed by atoms with Gasteiger partial charge in [0.1, 0.15) is 0 Å². The normalized spacial score (nSPS) is 21.6. The van der Waals surface area contributed by atoms with Gasteiger partial charge in [0.25, 0.3) is 5.91 Å². The highest BCUT2D eigenvalue weighted by molar-refractivity contribution is 9.11. The van der Waals surface area contributed by atoms with Crippen LogP contribution >= 0.6 is 27.3 Å². The monoisotopic (exact) mass is 275 g/mol. The van der Waals surface area contributed by atoms with Gasteiger partial charge in [-0.1, -0.05) is 0 Å². The van der Waals surface area contributed by atoms with E-state index >= 15 is 0 Å². The SMILES string of the molecule is O=C(c1csc(Br)c1)N1CCC(O)C1. The summed E-state index contributed by atoms with van der Waals surface area (Å²) in [5.74, 6) is 0.0171. The molecule has 14 heavy (non-hydrogen) atoms. The van der Waals surface area contributed by atoms with Crippen molar-refractivity contribution >= 4 is 33.2 Å². The third-order valence-corrected chi connectivity index (χ3v) is 3.77. The van der Waals surface area contributed by atoms with E-state index in [1.165, 1.54) is 11.3 Å². The fourth-order valence-corrected chi connectivity index (χ4v) is 2.66. The van der Waals surface area contributed by atoms with Crippen molar-refractivity contribution in [2.45, 2.75) is 12.5 Å². The van der Waals surface area contributed by atoms with Crippen LogP contribution in [0.1, 0.15) is 16.8 Å². The molecule has 0 aliphatic carbocycles. The Morgan fingerprint density at radius 1 is 1.71 bits per heavy atom. The molecule has 5 heteroatoms. The highest BCUT2D eigenvalue weighted by Gasteiger charge is 2.25.